The number of nitrogens with zero attached hydrogens (tertiary/aromatic N) is 6. The third-order valence-corrected chi connectivity index (χ3v) is 10.3. The number of aromatic nitrogens is 3. The Bertz CT molecular complexity index is 1780. The van der Waals surface area contributed by atoms with Crippen LogP contribution in [-0.4, -0.2) is 82.1 Å². The van der Waals surface area contributed by atoms with Crippen molar-refractivity contribution in [3.8, 4) is 17.1 Å². The summed E-state index contributed by atoms with van der Waals surface area (Å²) in [6, 6.07) is 4.33. The minimum Gasteiger partial charge on any atom is -0.461 e. The van der Waals surface area contributed by atoms with Crippen LogP contribution in [0.4, 0.5) is 19.7 Å². The molecule has 4 aromatic rings. The lowest BCUT2D eigenvalue weighted by atomic mass is 9.95. The number of likely N-dealkylation sites (N-methyl/N-ethyl adjacent to an activating group) is 1. The second kappa shape index (κ2) is 10.5. The highest BCUT2D eigenvalue weighted by molar-refractivity contribution is 7.22. The van der Waals surface area contributed by atoms with Gasteiger partial charge in [-0.1, -0.05) is 29.5 Å². The van der Waals surface area contributed by atoms with E-state index in [0.717, 1.165) is 50.1 Å². The number of benzene rings is 2. The number of nitrogen functional groups attached to an aromatic ring is 1. The Hall–Kier alpha value is -3.61. The highest BCUT2D eigenvalue weighted by Gasteiger charge is 2.45. The zero-order chi connectivity index (χ0) is 30.0. The van der Waals surface area contributed by atoms with Gasteiger partial charge in [-0.25, -0.2) is 13.8 Å². The SMILES string of the molecule is C=CC(=O)N1CC(N(C)c2nc(OCC34CCCN3CCC4)nc3c(F)c(-c4ccc(F)c5sc(N)nc45)c(Cl)cc23)C1. The number of hydrogen-bond acceptors (Lipinski definition) is 9. The van der Waals surface area contributed by atoms with Crippen molar-refractivity contribution in [2.75, 3.05) is 50.5 Å². The molecule has 0 bridgehead atoms. The number of carbonyl (C=O) groups excluding carboxylic acids is 1. The van der Waals surface area contributed by atoms with Gasteiger partial charge < -0.3 is 20.3 Å². The molecule has 5 heterocycles. The van der Waals surface area contributed by atoms with Crippen LogP contribution in [0.2, 0.25) is 5.02 Å². The molecule has 2 aromatic heterocycles. The molecule has 1 amide bonds. The maximum Gasteiger partial charge on any atom is 0.319 e. The lowest BCUT2D eigenvalue weighted by Crippen LogP contribution is -2.60. The van der Waals surface area contributed by atoms with Gasteiger partial charge in [-0.05, 0) is 63.0 Å². The second-order valence-electron chi connectivity index (χ2n) is 11.5. The van der Waals surface area contributed by atoms with Crippen molar-refractivity contribution in [3.63, 3.8) is 0 Å². The highest BCUT2D eigenvalue weighted by atomic mass is 35.5. The minimum absolute atomic E-state index is 0.0254. The second-order valence-corrected chi connectivity index (χ2v) is 13.0. The predicted molar refractivity (Wildman–Crippen MR) is 165 cm³/mol. The largest absolute Gasteiger partial charge is 0.461 e. The van der Waals surface area contributed by atoms with Crippen LogP contribution >= 0.6 is 22.9 Å². The number of ether oxygens (including phenoxy) is 1. The van der Waals surface area contributed by atoms with Gasteiger partial charge >= 0.3 is 6.01 Å². The van der Waals surface area contributed by atoms with E-state index in [-0.39, 0.29) is 54.9 Å². The van der Waals surface area contributed by atoms with Gasteiger partial charge in [0.2, 0.25) is 5.91 Å². The Labute approximate surface area is 255 Å². The van der Waals surface area contributed by atoms with Crippen molar-refractivity contribution >= 4 is 60.9 Å². The number of amides is 1. The first-order chi connectivity index (χ1) is 20.7. The molecule has 0 spiro atoms. The van der Waals surface area contributed by atoms with Crippen molar-refractivity contribution in [2.45, 2.75) is 37.3 Å². The Morgan fingerprint density at radius 1 is 1.23 bits per heavy atom. The third-order valence-electron chi connectivity index (χ3n) is 9.14. The molecular weight excluding hydrogens is 596 g/mol. The van der Waals surface area contributed by atoms with Crippen LogP contribution in [0.5, 0.6) is 6.01 Å². The van der Waals surface area contributed by atoms with Gasteiger partial charge in [0.15, 0.2) is 10.9 Å². The molecule has 3 fully saturated rings. The Morgan fingerprint density at radius 3 is 2.70 bits per heavy atom. The van der Waals surface area contributed by atoms with E-state index < -0.39 is 11.6 Å². The maximum atomic E-state index is 16.7. The number of halogens is 3. The first-order valence-corrected chi connectivity index (χ1v) is 15.5. The van der Waals surface area contributed by atoms with Gasteiger partial charge in [0.1, 0.15) is 23.8 Å². The third kappa shape index (κ3) is 4.58. The number of likely N-dealkylation sites (tertiary alicyclic amines) is 1. The fourth-order valence-electron chi connectivity index (χ4n) is 6.78. The van der Waals surface area contributed by atoms with Gasteiger partial charge in [-0.15, -0.1) is 0 Å². The van der Waals surface area contributed by atoms with Gasteiger partial charge in [0.25, 0.3) is 0 Å². The highest BCUT2D eigenvalue weighted by Crippen LogP contribution is 2.43. The molecule has 0 aliphatic carbocycles. The summed E-state index contributed by atoms with van der Waals surface area (Å²) in [6.45, 7) is 6.99. The van der Waals surface area contributed by atoms with Gasteiger partial charge in [0, 0.05) is 36.7 Å². The van der Waals surface area contributed by atoms with Crippen LogP contribution in [0, 0.1) is 11.6 Å². The summed E-state index contributed by atoms with van der Waals surface area (Å²) in [5.74, 6) is -0.894. The lowest BCUT2D eigenvalue weighted by Gasteiger charge is -2.44. The van der Waals surface area contributed by atoms with Crippen LogP contribution in [0.3, 0.4) is 0 Å². The molecule has 2 N–H and O–H groups in total. The lowest BCUT2D eigenvalue weighted by molar-refractivity contribution is -0.130. The van der Waals surface area contributed by atoms with E-state index in [1.807, 2.05) is 11.9 Å². The van der Waals surface area contributed by atoms with E-state index in [0.29, 0.717) is 36.5 Å². The van der Waals surface area contributed by atoms with Crippen LogP contribution < -0.4 is 15.4 Å². The van der Waals surface area contributed by atoms with Crippen LogP contribution in [0.1, 0.15) is 25.7 Å². The van der Waals surface area contributed by atoms with Crippen molar-refractivity contribution in [2.24, 2.45) is 0 Å². The van der Waals surface area contributed by atoms with Gasteiger partial charge in [-0.3, -0.25) is 9.69 Å². The number of thiazole rings is 1. The quantitative estimate of drug-likeness (QED) is 0.278. The minimum atomic E-state index is -0.692. The summed E-state index contributed by atoms with van der Waals surface area (Å²) in [5.41, 5.74) is 6.45. The summed E-state index contributed by atoms with van der Waals surface area (Å²) in [4.78, 5) is 31.7. The zero-order valence-electron chi connectivity index (χ0n) is 23.6. The summed E-state index contributed by atoms with van der Waals surface area (Å²) >= 11 is 7.75. The average Bonchev–Trinajstić information content (AvgIpc) is 3.66. The van der Waals surface area contributed by atoms with E-state index in [2.05, 4.69) is 21.4 Å². The first kappa shape index (κ1) is 28.2. The van der Waals surface area contributed by atoms with Gasteiger partial charge in [-0.2, -0.15) is 9.97 Å². The fraction of sp³-hybridized carbons (Fsp3) is 0.400. The maximum absolute atomic E-state index is 16.7. The van der Waals surface area contributed by atoms with Crippen LogP contribution in [0.25, 0.3) is 32.2 Å². The number of carbonyl (C=O) groups is 1. The fourth-order valence-corrected chi connectivity index (χ4v) is 7.83. The van der Waals surface area contributed by atoms with Crippen LogP contribution in [0.15, 0.2) is 30.9 Å². The molecule has 9 nitrogen and oxygen atoms in total. The van der Waals surface area contributed by atoms with E-state index in [4.69, 9.17) is 27.1 Å². The molecule has 13 heteroatoms. The number of anilines is 2. The molecule has 2 aromatic carbocycles. The molecule has 3 aliphatic heterocycles. The van der Waals surface area contributed by atoms with Crippen molar-refractivity contribution in [3.05, 3.63) is 47.5 Å². The van der Waals surface area contributed by atoms with Gasteiger partial charge in [0.05, 0.1) is 26.8 Å². The number of fused-ring (bicyclic) bond motifs is 3. The zero-order valence-corrected chi connectivity index (χ0v) is 25.1. The summed E-state index contributed by atoms with van der Waals surface area (Å²) in [5, 5.41) is 0.657. The predicted octanol–water partition coefficient (Wildman–Crippen LogP) is 5.26. The Kier molecular flexibility index (Phi) is 6.90. The standard InChI is InChI=1S/C30H30ClF2N7O2S/c1-3-21(41)39-13-16(14-39)38(2)27-18-12-19(31)22(17-6-7-20(32)26-25(17)35-28(34)43-26)23(33)24(18)36-29(37-27)42-15-30-8-4-10-40(30)11-5-9-30/h3,6-7,12,16H,1,4-5,8-11,13-15H2,2H3,(H2,34,35). The molecule has 0 unspecified atom stereocenters. The molecule has 7 rings (SSSR count). The van der Waals surface area contributed by atoms with E-state index in [9.17, 15) is 9.18 Å². The van der Waals surface area contributed by atoms with E-state index >= 15 is 4.39 Å². The normalized spacial score (nSPS) is 18.3. The van der Waals surface area contributed by atoms with Crippen molar-refractivity contribution in [1.82, 2.24) is 24.8 Å². The van der Waals surface area contributed by atoms with E-state index in [1.165, 1.54) is 18.2 Å². The summed E-state index contributed by atoms with van der Waals surface area (Å²) in [6.07, 6.45) is 5.58. The molecule has 43 heavy (non-hydrogen) atoms. The molecule has 3 aliphatic rings. The molecule has 224 valence electrons. The summed E-state index contributed by atoms with van der Waals surface area (Å²) < 4.78 is 37.7. The average molecular weight is 626 g/mol. The van der Waals surface area contributed by atoms with E-state index in [1.54, 1.807) is 11.0 Å². The summed E-state index contributed by atoms with van der Waals surface area (Å²) in [7, 11) is 1.85. The first-order valence-electron chi connectivity index (χ1n) is 14.3. The topological polar surface area (TPSA) is 101 Å². The van der Waals surface area contributed by atoms with Crippen LogP contribution in [-0.2, 0) is 4.79 Å². The van der Waals surface area contributed by atoms with Crippen molar-refractivity contribution < 1.29 is 18.3 Å². The monoisotopic (exact) mass is 625 g/mol. The van der Waals surface area contributed by atoms with Crippen molar-refractivity contribution in [1.29, 1.82) is 0 Å². The smallest absolute Gasteiger partial charge is 0.319 e. The molecular formula is C30H30ClF2N7O2S. The molecule has 0 saturated carbocycles. The molecule has 0 atom stereocenters. The number of hydrogen-bond donors (Lipinski definition) is 1. The Balaban J connectivity index is 1.34. The number of nitrogens with two attached hydrogens (primary N) is 1. The molecule has 3 saturated heterocycles. The Morgan fingerprint density at radius 2 is 1.98 bits per heavy atom. The molecule has 0 radical (unpaired) electrons. The number of rotatable bonds is 7.